The molecule has 0 saturated heterocycles. The van der Waals surface area contributed by atoms with E-state index in [9.17, 15) is 10.1 Å². The van der Waals surface area contributed by atoms with Crippen LogP contribution in [0, 0.1) is 11.3 Å². The smallest absolute Gasteiger partial charge is 0.256 e. The lowest BCUT2D eigenvalue weighted by Crippen LogP contribution is -2.18. The van der Waals surface area contributed by atoms with Crippen LogP contribution in [0.2, 0.25) is 5.02 Å². The van der Waals surface area contributed by atoms with Gasteiger partial charge in [0.25, 0.3) is 5.91 Å². The number of carbonyl (C=O) groups excluding carboxylic acids is 1. The number of nitrogen functional groups attached to an aromatic ring is 1. The zero-order valence-electron chi connectivity index (χ0n) is 15.9. The third kappa shape index (κ3) is 3.43. The second-order valence-electron chi connectivity index (χ2n) is 6.42. The molecule has 4 N–H and O–H groups in total. The molecular weight excluding hydrogens is 418 g/mol. The van der Waals surface area contributed by atoms with E-state index in [1.807, 2.05) is 42.5 Å². The predicted molar refractivity (Wildman–Crippen MR) is 122 cm³/mol. The van der Waals surface area contributed by atoms with Gasteiger partial charge in [-0.05, 0) is 29.8 Å². The molecule has 0 spiro atoms. The van der Waals surface area contributed by atoms with Crippen LogP contribution in [0.5, 0.6) is 0 Å². The summed E-state index contributed by atoms with van der Waals surface area (Å²) in [5.41, 5.74) is 9.45. The normalized spacial score (nSPS) is 10.6. The van der Waals surface area contributed by atoms with E-state index in [1.54, 1.807) is 19.2 Å². The van der Waals surface area contributed by atoms with Gasteiger partial charge < -0.3 is 16.4 Å². The highest BCUT2D eigenvalue weighted by atomic mass is 35.5. The van der Waals surface area contributed by atoms with Crippen LogP contribution in [0.3, 0.4) is 0 Å². The van der Waals surface area contributed by atoms with Gasteiger partial charge in [-0.15, -0.1) is 11.3 Å². The number of nitrogens with one attached hydrogen (secondary N) is 2. The van der Waals surface area contributed by atoms with Gasteiger partial charge in [-0.2, -0.15) is 5.26 Å². The number of hydrogen-bond donors (Lipinski definition) is 3. The van der Waals surface area contributed by atoms with Crippen molar-refractivity contribution in [2.24, 2.45) is 0 Å². The Hall–Kier alpha value is -3.60. The molecule has 1 amide bonds. The van der Waals surface area contributed by atoms with Crippen LogP contribution in [-0.2, 0) is 0 Å². The molecule has 0 fully saturated rings. The standard InChI is InChI=1S/C22H16ClN5OS/c1-26-21(29)17-18-19(30-22(17)27-14-5-3-2-4-6-14)16(15(11-24)20(25)28-18)12-7-9-13(23)10-8-12/h2-10,27H,1H3,(H2,25,28)(H,26,29). The molecule has 2 heterocycles. The molecule has 30 heavy (non-hydrogen) atoms. The van der Waals surface area contributed by atoms with Gasteiger partial charge in [0.2, 0.25) is 0 Å². The van der Waals surface area contributed by atoms with Crippen molar-refractivity contribution in [1.82, 2.24) is 10.3 Å². The minimum Gasteiger partial charge on any atom is -0.383 e. The second-order valence-corrected chi connectivity index (χ2v) is 7.88. The molecule has 0 bridgehead atoms. The minimum absolute atomic E-state index is 0.0733. The lowest BCUT2D eigenvalue weighted by molar-refractivity contribution is 0.0965. The van der Waals surface area contributed by atoms with Crippen molar-refractivity contribution >= 4 is 55.6 Å². The first-order valence-electron chi connectivity index (χ1n) is 8.99. The van der Waals surface area contributed by atoms with Gasteiger partial charge in [0.05, 0.1) is 10.2 Å². The summed E-state index contributed by atoms with van der Waals surface area (Å²) in [6.45, 7) is 0. The molecule has 2 aromatic heterocycles. The number of carbonyl (C=O) groups is 1. The van der Waals surface area contributed by atoms with Crippen molar-refractivity contribution in [3.8, 4) is 17.2 Å². The maximum atomic E-state index is 12.8. The molecule has 2 aromatic carbocycles. The summed E-state index contributed by atoms with van der Waals surface area (Å²) >= 11 is 7.39. The van der Waals surface area contributed by atoms with Crippen LogP contribution in [0.15, 0.2) is 54.6 Å². The van der Waals surface area contributed by atoms with Crippen molar-refractivity contribution in [1.29, 1.82) is 5.26 Å². The van der Waals surface area contributed by atoms with Gasteiger partial charge in [0.1, 0.15) is 28.0 Å². The highest BCUT2D eigenvalue weighted by Gasteiger charge is 2.25. The third-order valence-corrected chi connectivity index (χ3v) is 5.94. The monoisotopic (exact) mass is 433 g/mol. The average molecular weight is 434 g/mol. The van der Waals surface area contributed by atoms with E-state index >= 15 is 0 Å². The molecule has 0 saturated carbocycles. The highest BCUT2D eigenvalue weighted by Crippen LogP contribution is 2.44. The van der Waals surface area contributed by atoms with Crippen molar-refractivity contribution in [3.63, 3.8) is 0 Å². The number of fused-ring (bicyclic) bond motifs is 1. The van der Waals surface area contributed by atoms with E-state index in [2.05, 4.69) is 21.7 Å². The molecule has 8 heteroatoms. The Balaban J connectivity index is 2.04. The molecule has 0 atom stereocenters. The molecule has 0 aliphatic rings. The number of nitrogens with two attached hydrogens (primary N) is 1. The number of thiophene rings is 1. The van der Waals surface area contributed by atoms with Crippen LogP contribution in [0.4, 0.5) is 16.5 Å². The number of anilines is 3. The maximum absolute atomic E-state index is 12.8. The average Bonchev–Trinajstić information content (AvgIpc) is 3.10. The SMILES string of the molecule is CNC(=O)c1c(Nc2ccccc2)sc2c(-c3ccc(Cl)cc3)c(C#N)c(N)nc12. The molecule has 4 aromatic rings. The van der Waals surface area contributed by atoms with Crippen LogP contribution >= 0.6 is 22.9 Å². The molecule has 0 aliphatic carbocycles. The number of pyridine rings is 1. The third-order valence-electron chi connectivity index (χ3n) is 4.58. The largest absolute Gasteiger partial charge is 0.383 e. The van der Waals surface area contributed by atoms with Crippen LogP contribution < -0.4 is 16.4 Å². The second kappa shape index (κ2) is 8.03. The Morgan fingerprint density at radius 1 is 1.17 bits per heavy atom. The van der Waals surface area contributed by atoms with Gasteiger partial charge >= 0.3 is 0 Å². The first-order valence-corrected chi connectivity index (χ1v) is 10.2. The summed E-state index contributed by atoms with van der Waals surface area (Å²) in [5.74, 6) is -0.220. The summed E-state index contributed by atoms with van der Waals surface area (Å²) in [7, 11) is 1.56. The highest BCUT2D eigenvalue weighted by molar-refractivity contribution is 7.24. The molecule has 0 radical (unpaired) electrons. The Bertz CT molecular complexity index is 1290. The van der Waals surface area contributed by atoms with Gasteiger partial charge in [-0.25, -0.2) is 4.98 Å². The number of aromatic nitrogens is 1. The fourth-order valence-electron chi connectivity index (χ4n) is 3.20. The van der Waals surface area contributed by atoms with E-state index in [-0.39, 0.29) is 17.3 Å². The number of nitrogens with zero attached hydrogens (tertiary/aromatic N) is 2. The lowest BCUT2D eigenvalue weighted by atomic mass is 10.00. The van der Waals surface area contributed by atoms with E-state index in [0.29, 0.717) is 31.4 Å². The molecule has 4 rings (SSSR count). The number of para-hydroxylation sites is 1. The van der Waals surface area contributed by atoms with Crippen LogP contribution in [0.1, 0.15) is 15.9 Å². The zero-order chi connectivity index (χ0) is 21.3. The first kappa shape index (κ1) is 19.7. The number of halogens is 1. The fourth-order valence-corrected chi connectivity index (χ4v) is 4.55. The summed E-state index contributed by atoms with van der Waals surface area (Å²) in [6, 6.07) is 18.8. The maximum Gasteiger partial charge on any atom is 0.256 e. The van der Waals surface area contributed by atoms with Gasteiger partial charge in [-0.3, -0.25) is 4.79 Å². The van der Waals surface area contributed by atoms with E-state index in [1.165, 1.54) is 11.3 Å². The van der Waals surface area contributed by atoms with Gasteiger partial charge in [0, 0.05) is 23.3 Å². The Kier molecular flexibility index (Phi) is 5.27. The minimum atomic E-state index is -0.293. The Morgan fingerprint density at radius 2 is 1.87 bits per heavy atom. The van der Waals surface area contributed by atoms with Crippen molar-refractivity contribution in [2.45, 2.75) is 0 Å². The first-order chi connectivity index (χ1) is 14.5. The lowest BCUT2D eigenvalue weighted by Gasteiger charge is -2.09. The Labute approximate surface area is 181 Å². The molecule has 0 aliphatic heterocycles. The molecule has 148 valence electrons. The Morgan fingerprint density at radius 3 is 2.50 bits per heavy atom. The molecule has 0 unspecified atom stereocenters. The summed E-state index contributed by atoms with van der Waals surface area (Å²) in [6.07, 6.45) is 0. The summed E-state index contributed by atoms with van der Waals surface area (Å²) < 4.78 is 0.695. The number of amides is 1. The number of rotatable bonds is 4. The van der Waals surface area contributed by atoms with Gasteiger partial charge in [-0.1, -0.05) is 41.9 Å². The topological polar surface area (TPSA) is 104 Å². The van der Waals surface area contributed by atoms with Crippen LogP contribution in [0.25, 0.3) is 21.3 Å². The van der Waals surface area contributed by atoms with Gasteiger partial charge in [0.15, 0.2) is 0 Å². The van der Waals surface area contributed by atoms with E-state index < -0.39 is 0 Å². The van der Waals surface area contributed by atoms with E-state index in [4.69, 9.17) is 17.3 Å². The quantitative estimate of drug-likeness (QED) is 0.411. The molecular formula is C22H16ClN5OS. The van der Waals surface area contributed by atoms with Crippen molar-refractivity contribution < 1.29 is 4.79 Å². The van der Waals surface area contributed by atoms with Crippen molar-refractivity contribution in [3.05, 3.63) is 70.7 Å². The number of benzene rings is 2. The van der Waals surface area contributed by atoms with E-state index in [0.717, 1.165) is 11.3 Å². The fraction of sp³-hybridized carbons (Fsp3) is 0.0455. The predicted octanol–water partition coefficient (Wildman–Crippen LogP) is 5.17. The summed E-state index contributed by atoms with van der Waals surface area (Å²) in [5, 5.41) is 16.9. The molecule has 6 nitrogen and oxygen atoms in total. The zero-order valence-corrected chi connectivity index (χ0v) is 17.4. The number of nitriles is 1. The van der Waals surface area contributed by atoms with Crippen molar-refractivity contribution in [2.75, 3.05) is 18.1 Å². The summed E-state index contributed by atoms with van der Waals surface area (Å²) in [4.78, 5) is 17.2. The van der Waals surface area contributed by atoms with Crippen LogP contribution in [-0.4, -0.2) is 17.9 Å². The number of hydrogen-bond acceptors (Lipinski definition) is 6.